The second-order valence-corrected chi connectivity index (χ2v) is 5.67. The van der Waals surface area contributed by atoms with E-state index in [9.17, 15) is 4.79 Å². The Labute approximate surface area is 116 Å². The topological polar surface area (TPSA) is 78.9 Å². The van der Waals surface area contributed by atoms with Gasteiger partial charge in [-0.2, -0.15) is 11.3 Å². The van der Waals surface area contributed by atoms with Crippen LogP contribution in [-0.4, -0.2) is 34.4 Å². The van der Waals surface area contributed by atoms with Crippen molar-refractivity contribution in [2.24, 2.45) is 10.9 Å². The lowest BCUT2D eigenvalue weighted by Crippen LogP contribution is -2.44. The molecule has 0 aromatic carbocycles. The summed E-state index contributed by atoms with van der Waals surface area (Å²) in [4.78, 5) is 14.4. The van der Waals surface area contributed by atoms with Crippen molar-refractivity contribution in [3.8, 4) is 0 Å². The van der Waals surface area contributed by atoms with Crippen molar-refractivity contribution in [3.63, 3.8) is 0 Å². The minimum atomic E-state index is -0.0164. The minimum Gasteiger partial charge on any atom is -0.409 e. The molecule has 1 aromatic heterocycles. The molecule has 0 bridgehead atoms. The molecule has 3 N–H and O–H groups in total. The first-order valence-corrected chi connectivity index (χ1v) is 7.38. The van der Waals surface area contributed by atoms with Gasteiger partial charge in [-0.25, -0.2) is 0 Å². The molecule has 6 heteroatoms. The van der Waals surface area contributed by atoms with E-state index in [1.54, 1.807) is 4.90 Å². The standard InChI is InChI=1S/C13H19N3O2S/c1-9-7-19-8-11(9)13(17)16(6-12(14)15-18)10-4-2-3-5-10/h7-8,10,18H,2-6H2,1H3,(H2,14,15). The van der Waals surface area contributed by atoms with Gasteiger partial charge in [0.2, 0.25) is 0 Å². The maximum atomic E-state index is 12.6. The molecule has 1 aliphatic carbocycles. The average Bonchev–Trinajstić information content (AvgIpc) is 3.05. The Morgan fingerprint density at radius 2 is 2.21 bits per heavy atom. The summed E-state index contributed by atoms with van der Waals surface area (Å²) in [5, 5.41) is 15.5. The first kappa shape index (κ1) is 13.9. The highest BCUT2D eigenvalue weighted by Crippen LogP contribution is 2.26. The highest BCUT2D eigenvalue weighted by Gasteiger charge is 2.29. The highest BCUT2D eigenvalue weighted by atomic mass is 32.1. The van der Waals surface area contributed by atoms with E-state index in [0.29, 0.717) is 0 Å². The van der Waals surface area contributed by atoms with Crippen molar-refractivity contribution in [3.05, 3.63) is 21.9 Å². The van der Waals surface area contributed by atoms with Crippen LogP contribution < -0.4 is 5.73 Å². The van der Waals surface area contributed by atoms with Crippen molar-refractivity contribution < 1.29 is 10.0 Å². The molecule has 0 radical (unpaired) electrons. The van der Waals surface area contributed by atoms with E-state index in [1.165, 1.54) is 11.3 Å². The fourth-order valence-electron chi connectivity index (χ4n) is 2.52. The second kappa shape index (κ2) is 6.06. The molecule has 5 nitrogen and oxygen atoms in total. The molecule has 1 amide bonds. The molecule has 0 atom stereocenters. The van der Waals surface area contributed by atoms with Crippen molar-refractivity contribution in [1.29, 1.82) is 0 Å². The van der Waals surface area contributed by atoms with Gasteiger partial charge in [0.05, 0.1) is 12.1 Å². The highest BCUT2D eigenvalue weighted by molar-refractivity contribution is 7.08. The molecule has 0 saturated heterocycles. The summed E-state index contributed by atoms with van der Waals surface area (Å²) in [5.74, 6) is 0.0605. The van der Waals surface area contributed by atoms with E-state index >= 15 is 0 Å². The van der Waals surface area contributed by atoms with Gasteiger partial charge in [0.15, 0.2) is 5.84 Å². The molecular weight excluding hydrogens is 262 g/mol. The monoisotopic (exact) mass is 281 g/mol. The quantitative estimate of drug-likeness (QED) is 0.384. The van der Waals surface area contributed by atoms with Gasteiger partial charge in [-0.15, -0.1) is 0 Å². The lowest BCUT2D eigenvalue weighted by Gasteiger charge is -2.28. The summed E-state index contributed by atoms with van der Waals surface area (Å²) in [7, 11) is 0. The Morgan fingerprint density at radius 1 is 1.53 bits per heavy atom. The Balaban J connectivity index is 2.21. The van der Waals surface area contributed by atoms with Gasteiger partial charge in [0, 0.05) is 11.4 Å². The predicted octanol–water partition coefficient (Wildman–Crippen LogP) is 2.19. The molecule has 19 heavy (non-hydrogen) atoms. The van der Waals surface area contributed by atoms with Gasteiger partial charge in [0.25, 0.3) is 5.91 Å². The number of carbonyl (C=O) groups excluding carboxylic acids is 1. The van der Waals surface area contributed by atoms with Crippen LogP contribution in [0.3, 0.4) is 0 Å². The zero-order valence-corrected chi connectivity index (χ0v) is 11.8. The number of amidine groups is 1. The average molecular weight is 281 g/mol. The van der Waals surface area contributed by atoms with Gasteiger partial charge in [-0.05, 0) is 30.7 Å². The normalized spacial score (nSPS) is 16.8. The van der Waals surface area contributed by atoms with Crippen LogP contribution in [-0.2, 0) is 0 Å². The molecule has 1 saturated carbocycles. The maximum Gasteiger partial charge on any atom is 0.255 e. The van der Waals surface area contributed by atoms with E-state index in [-0.39, 0.29) is 24.3 Å². The summed E-state index contributed by atoms with van der Waals surface area (Å²) >= 11 is 1.52. The number of nitrogens with two attached hydrogens (primary N) is 1. The van der Waals surface area contributed by atoms with E-state index in [1.807, 2.05) is 17.7 Å². The van der Waals surface area contributed by atoms with Crippen LogP contribution in [0.4, 0.5) is 0 Å². The van der Waals surface area contributed by atoms with E-state index < -0.39 is 0 Å². The van der Waals surface area contributed by atoms with Crippen LogP contribution in [0.5, 0.6) is 0 Å². The van der Waals surface area contributed by atoms with Gasteiger partial charge >= 0.3 is 0 Å². The number of nitrogens with zero attached hydrogens (tertiary/aromatic N) is 2. The number of carbonyl (C=O) groups is 1. The van der Waals surface area contributed by atoms with Crippen molar-refractivity contribution in [2.75, 3.05) is 6.54 Å². The van der Waals surface area contributed by atoms with E-state index in [0.717, 1.165) is 36.8 Å². The van der Waals surface area contributed by atoms with Crippen LogP contribution in [0.25, 0.3) is 0 Å². The minimum absolute atomic E-state index is 0.0164. The lowest BCUT2D eigenvalue weighted by molar-refractivity contribution is 0.0712. The summed E-state index contributed by atoms with van der Waals surface area (Å²) < 4.78 is 0. The first-order valence-electron chi connectivity index (χ1n) is 6.43. The molecule has 0 unspecified atom stereocenters. The molecular formula is C13H19N3O2S. The second-order valence-electron chi connectivity index (χ2n) is 4.93. The zero-order chi connectivity index (χ0) is 13.8. The maximum absolute atomic E-state index is 12.6. The third-order valence-corrected chi connectivity index (χ3v) is 4.43. The number of hydrogen-bond donors (Lipinski definition) is 2. The van der Waals surface area contributed by atoms with Crippen LogP contribution in [0, 0.1) is 6.92 Å². The number of oxime groups is 1. The number of thiophene rings is 1. The Bertz CT molecular complexity index is 478. The predicted molar refractivity (Wildman–Crippen MR) is 75.8 cm³/mol. The summed E-state index contributed by atoms with van der Waals surface area (Å²) in [6, 6.07) is 0.201. The molecule has 1 fully saturated rings. The summed E-state index contributed by atoms with van der Waals surface area (Å²) in [6.07, 6.45) is 4.25. The number of rotatable bonds is 4. The summed E-state index contributed by atoms with van der Waals surface area (Å²) in [5.41, 5.74) is 7.29. The van der Waals surface area contributed by atoms with E-state index in [2.05, 4.69) is 5.16 Å². The third-order valence-electron chi connectivity index (χ3n) is 3.57. The Morgan fingerprint density at radius 3 is 2.74 bits per heavy atom. The van der Waals surface area contributed by atoms with Crippen molar-refractivity contribution in [1.82, 2.24) is 4.90 Å². The van der Waals surface area contributed by atoms with Gasteiger partial charge in [0.1, 0.15) is 0 Å². The number of hydrogen-bond acceptors (Lipinski definition) is 4. The number of amides is 1. The largest absolute Gasteiger partial charge is 0.409 e. The van der Waals surface area contributed by atoms with Crippen molar-refractivity contribution >= 4 is 23.1 Å². The molecule has 2 rings (SSSR count). The van der Waals surface area contributed by atoms with Crippen LogP contribution >= 0.6 is 11.3 Å². The van der Waals surface area contributed by atoms with Gasteiger partial charge < -0.3 is 15.8 Å². The molecule has 1 heterocycles. The van der Waals surface area contributed by atoms with Crippen molar-refractivity contribution in [2.45, 2.75) is 38.6 Å². The SMILES string of the molecule is Cc1cscc1C(=O)N(CC(N)=NO)C1CCCC1. The molecule has 0 aliphatic heterocycles. The molecule has 1 aliphatic rings. The molecule has 1 aromatic rings. The van der Waals surface area contributed by atoms with Crippen LogP contribution in [0.15, 0.2) is 15.9 Å². The zero-order valence-electron chi connectivity index (χ0n) is 11.0. The van der Waals surface area contributed by atoms with Gasteiger partial charge in [-0.1, -0.05) is 18.0 Å². The number of aryl methyl sites for hydroxylation is 1. The lowest BCUT2D eigenvalue weighted by atomic mass is 10.1. The third kappa shape index (κ3) is 3.07. The van der Waals surface area contributed by atoms with E-state index in [4.69, 9.17) is 10.9 Å². The van der Waals surface area contributed by atoms with Crippen LogP contribution in [0.2, 0.25) is 0 Å². The first-order chi connectivity index (χ1) is 9.13. The van der Waals surface area contributed by atoms with Crippen LogP contribution in [0.1, 0.15) is 41.6 Å². The molecule has 0 spiro atoms. The Hall–Kier alpha value is -1.56. The Kier molecular flexibility index (Phi) is 4.42. The summed E-state index contributed by atoms with van der Waals surface area (Å²) in [6.45, 7) is 2.12. The molecule has 104 valence electrons. The fourth-order valence-corrected chi connectivity index (χ4v) is 3.35. The van der Waals surface area contributed by atoms with Gasteiger partial charge in [-0.3, -0.25) is 4.79 Å². The fraction of sp³-hybridized carbons (Fsp3) is 0.538. The smallest absolute Gasteiger partial charge is 0.255 e.